The van der Waals surface area contributed by atoms with Gasteiger partial charge in [-0.05, 0) is 36.4 Å². The maximum atomic E-state index is 11.9. The number of methoxy groups -OCH3 is 1. The van der Waals surface area contributed by atoms with Crippen LogP contribution >= 0.6 is 23.4 Å². The molecule has 146 valence electrons. The van der Waals surface area contributed by atoms with E-state index in [1.807, 2.05) is 22.8 Å². The van der Waals surface area contributed by atoms with E-state index in [-0.39, 0.29) is 18.2 Å². The summed E-state index contributed by atoms with van der Waals surface area (Å²) in [7, 11) is 1.26. The van der Waals surface area contributed by atoms with Gasteiger partial charge in [0.15, 0.2) is 11.0 Å². The Morgan fingerprint density at radius 3 is 2.71 bits per heavy atom. The highest BCUT2D eigenvalue weighted by Crippen LogP contribution is 2.26. The number of nitrogens with one attached hydrogen (secondary N) is 1. The maximum absolute atomic E-state index is 11.9. The SMILES string of the molecule is COC(=O)CNC(=O)CSc1nnc(-c2ccc(Cl)cc2)n1Cc1ccco1. The number of halogens is 1. The molecule has 1 N–H and O–H groups in total. The summed E-state index contributed by atoms with van der Waals surface area (Å²) in [5.41, 5.74) is 0.838. The zero-order chi connectivity index (χ0) is 19.9. The van der Waals surface area contributed by atoms with Crippen molar-refractivity contribution in [1.82, 2.24) is 20.1 Å². The topological polar surface area (TPSA) is 99.2 Å². The zero-order valence-electron chi connectivity index (χ0n) is 14.9. The molecule has 10 heteroatoms. The second-order valence-corrected chi connectivity index (χ2v) is 7.00. The molecule has 3 aromatic rings. The van der Waals surface area contributed by atoms with Gasteiger partial charge in [0.25, 0.3) is 0 Å². The van der Waals surface area contributed by atoms with Gasteiger partial charge in [-0.2, -0.15) is 0 Å². The van der Waals surface area contributed by atoms with Gasteiger partial charge in [-0.15, -0.1) is 10.2 Å². The Bertz CT molecular complexity index is 941. The molecule has 2 heterocycles. The number of ether oxygens (including phenoxy) is 1. The molecule has 3 rings (SSSR count). The van der Waals surface area contributed by atoms with Crippen molar-refractivity contribution < 1.29 is 18.7 Å². The number of esters is 1. The molecule has 0 aliphatic heterocycles. The van der Waals surface area contributed by atoms with Crippen molar-refractivity contribution in [3.63, 3.8) is 0 Å². The summed E-state index contributed by atoms with van der Waals surface area (Å²) in [4.78, 5) is 23.1. The number of hydrogen-bond acceptors (Lipinski definition) is 7. The predicted octanol–water partition coefficient (Wildman–Crippen LogP) is 2.62. The standard InChI is InChI=1S/C18H17ClN4O4S/c1-26-16(25)9-20-15(24)11-28-18-22-21-17(12-4-6-13(19)7-5-12)23(18)10-14-3-2-8-27-14/h2-8H,9-11H2,1H3,(H,20,24). The highest BCUT2D eigenvalue weighted by Gasteiger charge is 2.17. The number of hydrogen-bond donors (Lipinski definition) is 1. The molecule has 0 saturated carbocycles. The number of rotatable bonds is 8. The molecule has 0 aliphatic carbocycles. The van der Waals surface area contributed by atoms with Crippen LogP contribution in [0.4, 0.5) is 0 Å². The van der Waals surface area contributed by atoms with Crippen molar-refractivity contribution >= 4 is 35.2 Å². The molecule has 0 saturated heterocycles. The Kier molecular flexibility index (Phi) is 6.72. The van der Waals surface area contributed by atoms with Crippen LogP contribution in [0.5, 0.6) is 0 Å². The molecule has 0 atom stereocenters. The first kappa shape index (κ1) is 20.0. The highest BCUT2D eigenvalue weighted by molar-refractivity contribution is 7.99. The van der Waals surface area contributed by atoms with E-state index in [9.17, 15) is 9.59 Å². The summed E-state index contributed by atoms with van der Waals surface area (Å²) >= 11 is 7.18. The van der Waals surface area contributed by atoms with E-state index in [2.05, 4.69) is 20.3 Å². The number of furan rings is 1. The minimum Gasteiger partial charge on any atom is -0.468 e. The zero-order valence-corrected chi connectivity index (χ0v) is 16.5. The first-order valence-corrected chi connectivity index (χ1v) is 9.61. The average molecular weight is 421 g/mol. The van der Waals surface area contributed by atoms with Gasteiger partial charge in [0.1, 0.15) is 12.3 Å². The lowest BCUT2D eigenvalue weighted by molar-refractivity contribution is -0.140. The van der Waals surface area contributed by atoms with Crippen molar-refractivity contribution in [2.75, 3.05) is 19.4 Å². The largest absolute Gasteiger partial charge is 0.468 e. The van der Waals surface area contributed by atoms with Crippen LogP contribution in [-0.2, 0) is 20.9 Å². The number of amides is 1. The minimum atomic E-state index is -0.510. The molecule has 0 radical (unpaired) electrons. The van der Waals surface area contributed by atoms with Crippen molar-refractivity contribution in [1.29, 1.82) is 0 Å². The Morgan fingerprint density at radius 2 is 2.04 bits per heavy atom. The third kappa shape index (κ3) is 5.14. The summed E-state index contributed by atoms with van der Waals surface area (Å²) in [6.45, 7) is 0.231. The van der Waals surface area contributed by atoms with Crippen molar-refractivity contribution in [2.24, 2.45) is 0 Å². The number of thioether (sulfide) groups is 1. The fourth-order valence-corrected chi connectivity index (χ4v) is 3.23. The normalized spacial score (nSPS) is 10.6. The van der Waals surface area contributed by atoms with Gasteiger partial charge in [-0.25, -0.2) is 0 Å². The van der Waals surface area contributed by atoms with Gasteiger partial charge in [0.2, 0.25) is 5.91 Å². The Labute approximate surface area is 170 Å². The smallest absolute Gasteiger partial charge is 0.325 e. The van der Waals surface area contributed by atoms with Crippen LogP contribution in [0.2, 0.25) is 5.02 Å². The average Bonchev–Trinajstić information content (AvgIpc) is 3.35. The van der Waals surface area contributed by atoms with Gasteiger partial charge in [-0.1, -0.05) is 23.4 Å². The molecule has 0 aliphatic rings. The van der Waals surface area contributed by atoms with Crippen LogP contribution < -0.4 is 5.32 Å². The molecule has 0 unspecified atom stereocenters. The van der Waals surface area contributed by atoms with Crippen LogP contribution in [0.25, 0.3) is 11.4 Å². The van der Waals surface area contributed by atoms with Crippen molar-refractivity contribution in [3.05, 3.63) is 53.4 Å². The van der Waals surface area contributed by atoms with E-state index in [4.69, 9.17) is 16.0 Å². The van der Waals surface area contributed by atoms with Crippen molar-refractivity contribution in [2.45, 2.75) is 11.7 Å². The fraction of sp³-hybridized carbons (Fsp3) is 0.222. The molecular formula is C18H17ClN4O4S. The minimum absolute atomic E-state index is 0.0773. The van der Waals surface area contributed by atoms with E-state index in [0.29, 0.717) is 22.5 Å². The van der Waals surface area contributed by atoms with E-state index in [1.165, 1.54) is 18.9 Å². The summed E-state index contributed by atoms with van der Waals surface area (Å²) in [5, 5.41) is 12.1. The summed E-state index contributed by atoms with van der Waals surface area (Å²) in [6.07, 6.45) is 1.59. The molecule has 8 nitrogen and oxygen atoms in total. The second kappa shape index (κ2) is 9.43. The number of carbonyl (C=O) groups is 2. The molecular weight excluding hydrogens is 404 g/mol. The van der Waals surface area contributed by atoms with Gasteiger partial charge in [0, 0.05) is 10.6 Å². The van der Waals surface area contributed by atoms with Crippen LogP contribution in [0.3, 0.4) is 0 Å². The van der Waals surface area contributed by atoms with Crippen LogP contribution in [0.15, 0.2) is 52.2 Å². The highest BCUT2D eigenvalue weighted by atomic mass is 35.5. The monoisotopic (exact) mass is 420 g/mol. The Morgan fingerprint density at radius 1 is 1.25 bits per heavy atom. The molecule has 0 spiro atoms. The number of nitrogens with zero attached hydrogens (tertiary/aromatic N) is 3. The fourth-order valence-electron chi connectivity index (χ4n) is 2.33. The van der Waals surface area contributed by atoms with Gasteiger partial charge in [-0.3, -0.25) is 14.2 Å². The van der Waals surface area contributed by atoms with Crippen LogP contribution in [0, 0.1) is 0 Å². The summed E-state index contributed by atoms with van der Waals surface area (Å²) in [6, 6.07) is 10.9. The lowest BCUT2D eigenvalue weighted by Crippen LogP contribution is -2.31. The molecule has 1 aromatic carbocycles. The third-order valence-corrected chi connectivity index (χ3v) is 4.92. The van der Waals surface area contributed by atoms with E-state index in [0.717, 1.165) is 11.3 Å². The van der Waals surface area contributed by atoms with Crippen molar-refractivity contribution in [3.8, 4) is 11.4 Å². The predicted molar refractivity (Wildman–Crippen MR) is 104 cm³/mol. The summed E-state index contributed by atoms with van der Waals surface area (Å²) in [5.74, 6) is 0.617. The first-order valence-electron chi connectivity index (χ1n) is 8.24. The molecule has 0 fully saturated rings. The van der Waals surface area contributed by atoms with Gasteiger partial charge < -0.3 is 14.5 Å². The first-order chi connectivity index (χ1) is 13.6. The van der Waals surface area contributed by atoms with E-state index in [1.54, 1.807) is 24.5 Å². The molecule has 0 bridgehead atoms. The Balaban J connectivity index is 1.77. The molecule has 2 aromatic heterocycles. The lowest BCUT2D eigenvalue weighted by Gasteiger charge is -2.09. The quantitative estimate of drug-likeness (QED) is 0.441. The second-order valence-electron chi connectivity index (χ2n) is 5.62. The van der Waals surface area contributed by atoms with Gasteiger partial charge in [0.05, 0.1) is 25.7 Å². The lowest BCUT2D eigenvalue weighted by atomic mass is 10.2. The number of benzene rings is 1. The van der Waals surface area contributed by atoms with E-state index < -0.39 is 5.97 Å². The van der Waals surface area contributed by atoms with E-state index >= 15 is 0 Å². The molecule has 1 amide bonds. The summed E-state index contributed by atoms with van der Waals surface area (Å²) < 4.78 is 11.8. The van der Waals surface area contributed by atoms with Crippen LogP contribution in [-0.4, -0.2) is 46.0 Å². The van der Waals surface area contributed by atoms with Crippen LogP contribution in [0.1, 0.15) is 5.76 Å². The van der Waals surface area contributed by atoms with Gasteiger partial charge >= 0.3 is 5.97 Å². The maximum Gasteiger partial charge on any atom is 0.325 e. The number of aromatic nitrogens is 3. The third-order valence-electron chi connectivity index (χ3n) is 3.70. The number of carbonyl (C=O) groups excluding carboxylic acids is 2. The Hall–Kier alpha value is -2.78. The molecule has 28 heavy (non-hydrogen) atoms.